The van der Waals surface area contributed by atoms with Crippen LogP contribution in [-0.2, 0) is 24.5 Å². The van der Waals surface area contributed by atoms with Gasteiger partial charge < -0.3 is 24.4 Å². The topological polar surface area (TPSA) is 136 Å². The Morgan fingerprint density at radius 3 is 2.04 bits per heavy atom. The molecule has 9 heteroatoms. The first kappa shape index (κ1) is 45.6. The summed E-state index contributed by atoms with van der Waals surface area (Å²) in [5, 5.41) is 24.3. The van der Waals surface area contributed by atoms with Crippen LogP contribution in [0.1, 0.15) is 175 Å². The highest BCUT2D eigenvalue weighted by Gasteiger charge is 2.73. The van der Waals surface area contributed by atoms with Crippen LogP contribution in [0.5, 0.6) is 11.5 Å². The molecule has 15 atom stereocenters. The number of esters is 1. The molecule has 0 radical (unpaired) electrons. The summed E-state index contributed by atoms with van der Waals surface area (Å²) in [6.45, 7) is 26.3. The molecule has 0 aromatic heterocycles. The molecule has 2 N–H and O–H groups in total. The number of ketones is 3. The first-order valence-electron chi connectivity index (χ1n) is 25.6. The number of aliphatic hydroxyl groups excluding tert-OH is 1. The molecular weight excluding hydrogens is 841 g/mol. The third kappa shape index (κ3) is 5.00. The van der Waals surface area contributed by atoms with Crippen molar-refractivity contribution in [1.82, 2.24) is 0 Å². The summed E-state index contributed by atoms with van der Waals surface area (Å²) < 4.78 is 19.2. The van der Waals surface area contributed by atoms with Crippen molar-refractivity contribution in [3.05, 3.63) is 69.4 Å². The number of carbonyl (C=O) groups excluding carboxylic acids is 4. The molecule has 9 aliphatic carbocycles. The molecule has 1 aromatic carbocycles. The Morgan fingerprint density at radius 1 is 0.731 bits per heavy atom. The van der Waals surface area contributed by atoms with E-state index in [0.29, 0.717) is 34.8 Å². The predicted molar refractivity (Wildman–Crippen MR) is 254 cm³/mol. The molecule has 0 bridgehead atoms. The summed E-state index contributed by atoms with van der Waals surface area (Å²) in [7, 11) is 1.51. The van der Waals surface area contributed by atoms with Crippen LogP contribution >= 0.6 is 0 Å². The van der Waals surface area contributed by atoms with Gasteiger partial charge in [-0.3, -0.25) is 19.2 Å². The standard InChI is InChI=1S/C58H74O9/c1-31-26-39-52(7,46(62)44(31)61)21-25-55(10)40-29-36(59)43-32(2)45-37(27-35(43)51(40,6)20-23-54(39,55)9)66-58(64)42(60)28-34-33(57(58,12)67-45)14-15-38-50(34,5)19-24-56(11)41-30-49(4,47(63)65-13)17-16-48(41,3)18-22-53(38,56)8/h14-15,27-29,31,39,41,46,62,64H,16-26,30H2,1-13H3/t31-,39-,41-,46-,48-,49-,50+,51+,52-,53-,54+,55-,56+,57-,58+/m1/s1. The Labute approximate surface area is 397 Å². The fourth-order valence-corrected chi connectivity index (χ4v) is 18.4. The fourth-order valence-electron chi connectivity index (χ4n) is 18.4. The minimum atomic E-state index is -2.38. The lowest BCUT2D eigenvalue weighted by atomic mass is 9.34. The molecular formula is C58H74O9. The van der Waals surface area contributed by atoms with Gasteiger partial charge >= 0.3 is 11.8 Å². The van der Waals surface area contributed by atoms with Crippen molar-refractivity contribution < 1.29 is 43.6 Å². The SMILES string of the molecule is COC(=O)[C@]1(C)CC[C@]2(C)CC[C@]3(C)C4=CC=C5C(=CC(=O)[C@]6(O)Oc7cc8c(c(C)c7O[C@]56C)C(=O)C=C5[C@@]8(C)CC[C@@]6(C)[C@@H]7C[C@@H](C)C(=O)[C@@H](O)[C@]7(C)CC[C@]56C)[C@]4(C)CC[C@@]3(C)[C@@H]2C1. The maximum absolute atomic E-state index is 14.9. The maximum atomic E-state index is 14.9. The van der Waals surface area contributed by atoms with Crippen molar-refractivity contribution in [2.75, 3.05) is 7.11 Å². The summed E-state index contributed by atoms with van der Waals surface area (Å²) in [6.07, 6.45) is 16.9. The van der Waals surface area contributed by atoms with E-state index in [1.165, 1.54) is 12.7 Å². The predicted octanol–water partition coefficient (Wildman–Crippen LogP) is 10.8. The first-order valence-corrected chi connectivity index (χ1v) is 25.6. The molecule has 9 nitrogen and oxygen atoms in total. The number of allylic oxidation sites excluding steroid dienone is 5. The van der Waals surface area contributed by atoms with E-state index in [9.17, 15) is 29.4 Å². The molecule has 6 fully saturated rings. The van der Waals surface area contributed by atoms with Gasteiger partial charge in [-0.05, 0) is 172 Å². The molecule has 6 saturated carbocycles. The fraction of sp³-hybridized carbons (Fsp3) is 0.690. The number of hydrogen-bond acceptors (Lipinski definition) is 9. The van der Waals surface area contributed by atoms with Crippen LogP contribution in [0.2, 0.25) is 0 Å². The van der Waals surface area contributed by atoms with Crippen LogP contribution in [0.25, 0.3) is 0 Å². The molecule has 67 heavy (non-hydrogen) atoms. The van der Waals surface area contributed by atoms with E-state index < -0.39 is 50.4 Å². The number of Topliss-reactive ketones (excluding diaryl/α,β-unsaturated/α-hetero) is 1. The minimum absolute atomic E-state index is 0.0554. The quantitative estimate of drug-likeness (QED) is 0.264. The minimum Gasteiger partial charge on any atom is -0.471 e. The van der Waals surface area contributed by atoms with E-state index in [0.717, 1.165) is 87.3 Å². The van der Waals surface area contributed by atoms with E-state index in [1.807, 2.05) is 26.0 Å². The second-order valence-electron chi connectivity index (χ2n) is 26.3. The van der Waals surface area contributed by atoms with Crippen molar-refractivity contribution in [3.8, 4) is 11.5 Å². The summed E-state index contributed by atoms with van der Waals surface area (Å²) in [6, 6.07) is 1.88. The van der Waals surface area contributed by atoms with Crippen molar-refractivity contribution >= 4 is 23.3 Å². The van der Waals surface area contributed by atoms with Gasteiger partial charge in [-0.25, -0.2) is 0 Å². The molecule has 360 valence electrons. The highest BCUT2D eigenvalue weighted by atomic mass is 16.7. The monoisotopic (exact) mass is 915 g/mol. The van der Waals surface area contributed by atoms with E-state index in [4.69, 9.17) is 14.2 Å². The summed E-state index contributed by atoms with van der Waals surface area (Å²) in [4.78, 5) is 56.2. The van der Waals surface area contributed by atoms with Crippen LogP contribution in [0, 0.1) is 68.0 Å². The average Bonchev–Trinajstić information content (AvgIpc) is 3.27. The van der Waals surface area contributed by atoms with Crippen LogP contribution in [0.4, 0.5) is 0 Å². The van der Waals surface area contributed by atoms with Gasteiger partial charge in [0.2, 0.25) is 11.4 Å². The Morgan fingerprint density at radius 2 is 1.36 bits per heavy atom. The second kappa shape index (κ2) is 13.1. The number of carbonyl (C=O) groups is 4. The highest BCUT2D eigenvalue weighted by Crippen LogP contribution is 2.77. The van der Waals surface area contributed by atoms with Crippen LogP contribution in [0.15, 0.2) is 52.7 Å². The third-order valence-electron chi connectivity index (χ3n) is 23.5. The molecule has 0 unspecified atom stereocenters. The highest BCUT2D eigenvalue weighted by molar-refractivity contribution is 6.10. The van der Waals surface area contributed by atoms with Gasteiger partial charge in [0.05, 0.1) is 12.5 Å². The van der Waals surface area contributed by atoms with Gasteiger partial charge in [0, 0.05) is 38.9 Å². The Hall–Kier alpha value is -3.82. The molecule has 11 rings (SSSR count). The van der Waals surface area contributed by atoms with Gasteiger partial charge in [-0.1, -0.05) is 80.0 Å². The number of benzene rings is 1. The number of rotatable bonds is 1. The zero-order valence-corrected chi connectivity index (χ0v) is 42.4. The van der Waals surface area contributed by atoms with Gasteiger partial charge in [0.1, 0.15) is 6.10 Å². The molecule has 1 aliphatic heterocycles. The van der Waals surface area contributed by atoms with Gasteiger partial charge in [0.15, 0.2) is 23.1 Å². The molecule has 0 spiro atoms. The maximum Gasteiger partial charge on any atom is 0.317 e. The van der Waals surface area contributed by atoms with E-state index in [-0.39, 0.29) is 56.8 Å². The second-order valence-corrected chi connectivity index (χ2v) is 26.3. The largest absolute Gasteiger partial charge is 0.471 e. The van der Waals surface area contributed by atoms with Crippen LogP contribution in [0.3, 0.4) is 0 Å². The number of methoxy groups -OCH3 is 1. The summed E-state index contributed by atoms with van der Waals surface area (Å²) in [5.74, 6) is -2.42. The van der Waals surface area contributed by atoms with Gasteiger partial charge in [-0.15, -0.1) is 0 Å². The lowest BCUT2D eigenvalue weighted by Gasteiger charge is -2.70. The summed E-state index contributed by atoms with van der Waals surface area (Å²) >= 11 is 0. The number of hydrogen-bond donors (Lipinski definition) is 2. The van der Waals surface area contributed by atoms with Crippen LogP contribution in [-0.4, -0.2) is 58.1 Å². The van der Waals surface area contributed by atoms with Crippen molar-refractivity contribution in [3.63, 3.8) is 0 Å². The zero-order valence-electron chi connectivity index (χ0n) is 42.4. The van der Waals surface area contributed by atoms with Crippen molar-refractivity contribution in [1.29, 1.82) is 0 Å². The Balaban J connectivity index is 0.976. The van der Waals surface area contributed by atoms with E-state index in [1.54, 1.807) is 13.0 Å². The lowest BCUT2D eigenvalue weighted by Crippen LogP contribution is -2.70. The lowest BCUT2D eigenvalue weighted by molar-refractivity contribution is -0.231. The normalized spacial score (nSPS) is 50.1. The Kier molecular flexibility index (Phi) is 8.93. The van der Waals surface area contributed by atoms with Gasteiger partial charge in [-0.2, -0.15) is 0 Å². The molecule has 1 aromatic rings. The van der Waals surface area contributed by atoms with Crippen LogP contribution < -0.4 is 9.47 Å². The zero-order chi connectivity index (χ0) is 48.5. The first-order chi connectivity index (χ1) is 31.0. The molecule has 0 amide bonds. The van der Waals surface area contributed by atoms with Gasteiger partial charge in [0.25, 0.3) is 0 Å². The number of ether oxygens (including phenoxy) is 3. The average molecular weight is 915 g/mol. The molecule has 0 saturated heterocycles. The molecule has 10 aliphatic rings. The third-order valence-corrected chi connectivity index (χ3v) is 23.5. The summed E-state index contributed by atoms with van der Waals surface area (Å²) in [5.41, 5.74) is 1.30. The van der Waals surface area contributed by atoms with Crippen molar-refractivity contribution in [2.45, 2.75) is 183 Å². The van der Waals surface area contributed by atoms with E-state index in [2.05, 4.69) is 74.5 Å². The number of fused-ring (bicyclic) bond motifs is 17. The molecule has 1 heterocycles. The Bertz CT molecular complexity index is 2670. The smallest absolute Gasteiger partial charge is 0.317 e. The van der Waals surface area contributed by atoms with E-state index >= 15 is 0 Å². The number of aliphatic hydroxyl groups is 2. The van der Waals surface area contributed by atoms with Crippen molar-refractivity contribution in [2.24, 2.45) is 61.1 Å².